The van der Waals surface area contributed by atoms with Gasteiger partial charge < -0.3 is 5.73 Å². The van der Waals surface area contributed by atoms with Crippen molar-refractivity contribution in [3.05, 3.63) is 69.4 Å². The van der Waals surface area contributed by atoms with Crippen molar-refractivity contribution in [2.45, 2.75) is 19.3 Å². The van der Waals surface area contributed by atoms with E-state index >= 15 is 0 Å². The fraction of sp³-hybridized carbons (Fsp3) is 0.250. The lowest BCUT2D eigenvalue weighted by Gasteiger charge is -2.18. The van der Waals surface area contributed by atoms with Gasteiger partial charge in [-0.15, -0.1) is 0 Å². The Morgan fingerprint density at radius 1 is 1.16 bits per heavy atom. The van der Waals surface area contributed by atoms with Crippen molar-refractivity contribution >= 4 is 15.9 Å². The zero-order valence-corrected chi connectivity index (χ0v) is 12.5. The van der Waals surface area contributed by atoms with Gasteiger partial charge in [-0.1, -0.05) is 36.4 Å². The van der Waals surface area contributed by atoms with E-state index in [9.17, 15) is 4.39 Å². The van der Waals surface area contributed by atoms with Gasteiger partial charge in [0, 0.05) is 5.92 Å². The average molecular weight is 322 g/mol. The highest BCUT2D eigenvalue weighted by molar-refractivity contribution is 9.10. The standard InChI is InChI=1S/C16H17BrFN/c1-11-5-2-3-7-14(11)13(10-19)9-12-6-4-8-15(18)16(12)17/h2-8,13H,9-10,19H2,1H3. The van der Waals surface area contributed by atoms with Crippen LogP contribution in [0.1, 0.15) is 22.6 Å². The molecule has 2 aromatic carbocycles. The summed E-state index contributed by atoms with van der Waals surface area (Å²) in [7, 11) is 0. The molecular weight excluding hydrogens is 305 g/mol. The van der Waals surface area contributed by atoms with Crippen LogP contribution in [0.3, 0.4) is 0 Å². The quantitative estimate of drug-likeness (QED) is 0.898. The number of halogens is 2. The molecule has 0 heterocycles. The Bertz CT molecular complexity index is 568. The van der Waals surface area contributed by atoms with Crippen molar-refractivity contribution in [1.82, 2.24) is 0 Å². The maximum atomic E-state index is 13.5. The van der Waals surface area contributed by atoms with E-state index in [0.29, 0.717) is 11.0 Å². The van der Waals surface area contributed by atoms with Crippen LogP contribution in [0.15, 0.2) is 46.9 Å². The molecule has 0 fully saturated rings. The fourth-order valence-corrected chi connectivity index (χ4v) is 2.76. The number of aryl methyl sites for hydroxylation is 1. The predicted octanol–water partition coefficient (Wildman–Crippen LogP) is 4.18. The summed E-state index contributed by atoms with van der Waals surface area (Å²) < 4.78 is 14.1. The van der Waals surface area contributed by atoms with E-state index in [1.807, 2.05) is 18.2 Å². The van der Waals surface area contributed by atoms with Crippen LogP contribution >= 0.6 is 15.9 Å². The van der Waals surface area contributed by atoms with Crippen LogP contribution < -0.4 is 5.73 Å². The molecule has 100 valence electrons. The smallest absolute Gasteiger partial charge is 0.137 e. The molecule has 2 N–H and O–H groups in total. The van der Waals surface area contributed by atoms with Crippen molar-refractivity contribution in [3.63, 3.8) is 0 Å². The molecule has 0 radical (unpaired) electrons. The Balaban J connectivity index is 2.30. The molecule has 0 spiro atoms. The molecule has 0 amide bonds. The van der Waals surface area contributed by atoms with Crippen molar-refractivity contribution in [3.8, 4) is 0 Å². The SMILES string of the molecule is Cc1ccccc1C(CN)Cc1cccc(F)c1Br. The summed E-state index contributed by atoms with van der Waals surface area (Å²) in [4.78, 5) is 0. The Morgan fingerprint density at radius 3 is 2.58 bits per heavy atom. The molecule has 2 aromatic rings. The zero-order chi connectivity index (χ0) is 13.8. The molecule has 0 aliphatic rings. The van der Waals surface area contributed by atoms with Gasteiger partial charge in [0.25, 0.3) is 0 Å². The molecule has 0 saturated carbocycles. The number of rotatable bonds is 4. The third-order valence-corrected chi connectivity index (χ3v) is 4.30. The topological polar surface area (TPSA) is 26.0 Å². The van der Waals surface area contributed by atoms with Crippen molar-refractivity contribution in [2.75, 3.05) is 6.54 Å². The minimum atomic E-state index is -0.224. The van der Waals surface area contributed by atoms with Crippen LogP contribution in [-0.2, 0) is 6.42 Å². The second-order valence-electron chi connectivity index (χ2n) is 4.71. The lowest BCUT2D eigenvalue weighted by atomic mass is 9.89. The first-order chi connectivity index (χ1) is 9.13. The minimum Gasteiger partial charge on any atom is -0.330 e. The van der Waals surface area contributed by atoms with Crippen LogP contribution in [0, 0.1) is 12.7 Å². The van der Waals surface area contributed by atoms with Gasteiger partial charge in [0.2, 0.25) is 0 Å². The van der Waals surface area contributed by atoms with E-state index in [0.717, 1.165) is 12.0 Å². The lowest BCUT2D eigenvalue weighted by molar-refractivity contribution is 0.612. The van der Waals surface area contributed by atoms with Gasteiger partial charge in [0.1, 0.15) is 5.82 Å². The zero-order valence-electron chi connectivity index (χ0n) is 10.9. The van der Waals surface area contributed by atoms with Gasteiger partial charge in [0.15, 0.2) is 0 Å². The monoisotopic (exact) mass is 321 g/mol. The van der Waals surface area contributed by atoms with Crippen molar-refractivity contribution in [2.24, 2.45) is 5.73 Å². The Kier molecular flexibility index (Phi) is 4.72. The van der Waals surface area contributed by atoms with Crippen LogP contribution in [0.5, 0.6) is 0 Å². The molecule has 0 aliphatic carbocycles. The summed E-state index contributed by atoms with van der Waals surface area (Å²) in [6.45, 7) is 2.63. The summed E-state index contributed by atoms with van der Waals surface area (Å²) in [5, 5.41) is 0. The highest BCUT2D eigenvalue weighted by Gasteiger charge is 2.15. The molecule has 0 aliphatic heterocycles. The van der Waals surface area contributed by atoms with Gasteiger partial charge in [-0.2, -0.15) is 0 Å². The molecular formula is C16H17BrFN. The highest BCUT2D eigenvalue weighted by Crippen LogP contribution is 2.28. The number of benzene rings is 2. The highest BCUT2D eigenvalue weighted by atomic mass is 79.9. The predicted molar refractivity (Wildman–Crippen MR) is 80.8 cm³/mol. The van der Waals surface area contributed by atoms with Gasteiger partial charge >= 0.3 is 0 Å². The average Bonchev–Trinajstić information content (AvgIpc) is 2.41. The summed E-state index contributed by atoms with van der Waals surface area (Å²) >= 11 is 3.31. The molecule has 1 nitrogen and oxygen atoms in total. The fourth-order valence-electron chi connectivity index (χ4n) is 2.34. The van der Waals surface area contributed by atoms with E-state index in [1.54, 1.807) is 6.07 Å². The second-order valence-corrected chi connectivity index (χ2v) is 5.50. The van der Waals surface area contributed by atoms with Gasteiger partial charge in [-0.05, 0) is 58.6 Å². The number of hydrogen-bond acceptors (Lipinski definition) is 1. The Morgan fingerprint density at radius 2 is 1.89 bits per heavy atom. The minimum absolute atomic E-state index is 0.208. The maximum absolute atomic E-state index is 13.5. The van der Waals surface area contributed by atoms with Crippen molar-refractivity contribution < 1.29 is 4.39 Å². The summed E-state index contributed by atoms with van der Waals surface area (Å²) in [5.74, 6) is -0.0163. The molecule has 0 aromatic heterocycles. The Labute approximate surface area is 121 Å². The van der Waals surface area contributed by atoms with E-state index in [1.165, 1.54) is 17.2 Å². The van der Waals surface area contributed by atoms with Gasteiger partial charge in [-0.25, -0.2) is 4.39 Å². The van der Waals surface area contributed by atoms with Crippen molar-refractivity contribution in [1.29, 1.82) is 0 Å². The third kappa shape index (κ3) is 3.23. The molecule has 19 heavy (non-hydrogen) atoms. The molecule has 1 atom stereocenters. The molecule has 3 heteroatoms. The lowest BCUT2D eigenvalue weighted by Crippen LogP contribution is -2.16. The molecule has 1 unspecified atom stereocenters. The van der Waals surface area contributed by atoms with Crippen LogP contribution in [-0.4, -0.2) is 6.54 Å². The van der Waals surface area contributed by atoms with E-state index in [4.69, 9.17) is 5.73 Å². The first kappa shape index (κ1) is 14.2. The van der Waals surface area contributed by atoms with Crippen LogP contribution in [0.25, 0.3) is 0 Å². The molecule has 0 saturated heterocycles. The normalized spacial score (nSPS) is 12.4. The first-order valence-electron chi connectivity index (χ1n) is 6.32. The summed E-state index contributed by atoms with van der Waals surface area (Å²) in [5.41, 5.74) is 9.32. The second kappa shape index (κ2) is 6.31. The maximum Gasteiger partial charge on any atom is 0.137 e. The first-order valence-corrected chi connectivity index (χ1v) is 7.11. The number of nitrogens with two attached hydrogens (primary N) is 1. The van der Waals surface area contributed by atoms with E-state index in [-0.39, 0.29) is 11.7 Å². The van der Waals surface area contributed by atoms with E-state index in [2.05, 4.69) is 35.0 Å². The van der Waals surface area contributed by atoms with Crippen LogP contribution in [0.2, 0.25) is 0 Å². The summed E-state index contributed by atoms with van der Waals surface area (Å²) in [6, 6.07) is 13.3. The Hall–Kier alpha value is -1.19. The van der Waals surface area contributed by atoms with Gasteiger partial charge in [-0.3, -0.25) is 0 Å². The van der Waals surface area contributed by atoms with Gasteiger partial charge in [0.05, 0.1) is 4.47 Å². The van der Waals surface area contributed by atoms with E-state index < -0.39 is 0 Å². The number of hydrogen-bond donors (Lipinski definition) is 1. The molecule has 0 bridgehead atoms. The third-order valence-electron chi connectivity index (χ3n) is 3.41. The van der Waals surface area contributed by atoms with Crippen LogP contribution in [0.4, 0.5) is 4.39 Å². The summed E-state index contributed by atoms with van der Waals surface area (Å²) in [6.07, 6.45) is 0.736. The largest absolute Gasteiger partial charge is 0.330 e. The molecule has 2 rings (SSSR count).